The van der Waals surface area contributed by atoms with Crippen LogP contribution in [-0.2, 0) is 6.18 Å². The van der Waals surface area contributed by atoms with Gasteiger partial charge in [0.05, 0.1) is 33.4 Å². The molecule has 0 bridgehead atoms. The molecule has 0 unspecified atom stereocenters. The average Bonchev–Trinajstić information content (AvgIpc) is 3.69. The Hall–Kier alpha value is -5.84. The number of hydrogen-bond acceptors (Lipinski definition) is 5. The van der Waals surface area contributed by atoms with E-state index in [4.69, 9.17) is 0 Å². The minimum atomic E-state index is -6.11. The molecule has 20 heteroatoms. The number of allylic oxidation sites excluding steroid dienone is 6. The highest BCUT2D eigenvalue weighted by molar-refractivity contribution is 6.12. The Balaban J connectivity index is 2.34. The van der Waals surface area contributed by atoms with E-state index in [1.165, 1.54) is 0 Å². The number of halogens is 15. The predicted octanol–water partition coefficient (Wildman–Crippen LogP) is 7.41. The Morgan fingerprint density at radius 2 is 0.652 bits per heavy atom. The maximum Gasteiger partial charge on any atom is 0.422 e. The van der Waals surface area contributed by atoms with Gasteiger partial charge < -0.3 is 0 Å². The predicted molar refractivity (Wildman–Crippen MR) is 117 cm³/mol. The van der Waals surface area contributed by atoms with Crippen molar-refractivity contribution in [3.63, 3.8) is 0 Å². The summed E-state index contributed by atoms with van der Waals surface area (Å²) in [6, 6.07) is 2.58. The molecule has 1 fully saturated rings. The van der Waals surface area contributed by atoms with Crippen molar-refractivity contribution in [3.05, 3.63) is 109 Å². The van der Waals surface area contributed by atoms with Crippen molar-refractivity contribution in [2.75, 3.05) is 0 Å². The molecule has 0 saturated heterocycles. The van der Waals surface area contributed by atoms with Gasteiger partial charge in [-0.2, -0.15) is 56.5 Å². The molecule has 1 aliphatic carbocycles. The molecule has 0 N–H and O–H groups in total. The van der Waals surface area contributed by atoms with Gasteiger partial charge in [0.15, 0.2) is 46.5 Å². The van der Waals surface area contributed by atoms with Gasteiger partial charge in [-0.15, -0.1) is 0 Å². The lowest BCUT2D eigenvalue weighted by atomic mass is 9.99. The van der Waals surface area contributed by atoms with Gasteiger partial charge in [0, 0.05) is 16.7 Å². The van der Waals surface area contributed by atoms with Crippen molar-refractivity contribution in [3.8, 4) is 18.2 Å². The molecule has 0 atom stereocenters. The molecule has 234 valence electrons. The van der Waals surface area contributed by atoms with Crippen LogP contribution in [-0.4, -0.2) is 9.97 Å². The largest absolute Gasteiger partial charge is 0.422 e. The lowest BCUT2D eigenvalue weighted by molar-refractivity contribution is -0.143. The van der Waals surface area contributed by atoms with Crippen molar-refractivity contribution in [1.29, 1.82) is 15.8 Å². The van der Waals surface area contributed by atoms with E-state index < -0.39 is 132 Å². The fourth-order valence-corrected chi connectivity index (χ4v) is 4.16. The minimum Gasteiger partial charge on any atom is -0.203 e. The van der Waals surface area contributed by atoms with Crippen LogP contribution < -0.4 is 0 Å². The van der Waals surface area contributed by atoms with Gasteiger partial charge in [-0.1, -0.05) is 0 Å². The molecule has 4 rings (SSSR count). The zero-order valence-corrected chi connectivity index (χ0v) is 20.9. The van der Waals surface area contributed by atoms with Crippen LogP contribution in [0.5, 0.6) is 0 Å². The summed E-state index contributed by atoms with van der Waals surface area (Å²) in [4.78, 5) is 4.34. The molecule has 2 heterocycles. The summed E-state index contributed by atoms with van der Waals surface area (Å²) in [6.45, 7) is 0. The molecule has 5 nitrogen and oxygen atoms in total. The van der Waals surface area contributed by atoms with Crippen molar-refractivity contribution in [2.45, 2.75) is 6.18 Å². The molecular formula is C26F15N5. The minimum absolute atomic E-state index is 0.801. The molecular weight excluding hydrogens is 667 g/mol. The third-order valence-corrected chi connectivity index (χ3v) is 6.06. The molecule has 1 aliphatic rings. The maximum absolute atomic E-state index is 14.9. The molecule has 3 aromatic rings. The lowest BCUT2D eigenvalue weighted by Crippen LogP contribution is -2.17. The van der Waals surface area contributed by atoms with E-state index >= 15 is 0 Å². The van der Waals surface area contributed by atoms with E-state index in [0.29, 0.717) is 0 Å². The van der Waals surface area contributed by atoms with E-state index in [1.54, 1.807) is 0 Å². The third-order valence-electron chi connectivity index (χ3n) is 6.06. The second-order valence-corrected chi connectivity index (χ2v) is 8.48. The average molecular weight is 667 g/mol. The highest BCUT2D eigenvalue weighted by atomic mass is 19.4. The summed E-state index contributed by atoms with van der Waals surface area (Å²) in [6.07, 6.45) is -6.11. The van der Waals surface area contributed by atoms with Crippen molar-refractivity contribution in [1.82, 2.24) is 9.97 Å². The summed E-state index contributed by atoms with van der Waals surface area (Å²) in [5, 5.41) is 28.9. The number of nitriles is 3. The van der Waals surface area contributed by atoms with E-state index in [-0.39, 0.29) is 0 Å². The first-order valence-electron chi connectivity index (χ1n) is 11.1. The molecule has 46 heavy (non-hydrogen) atoms. The van der Waals surface area contributed by atoms with Gasteiger partial charge in [-0.25, -0.2) is 35.1 Å². The number of hydrogen-bond donors (Lipinski definition) is 0. The highest BCUT2D eigenvalue weighted by Gasteiger charge is 2.47. The summed E-state index contributed by atoms with van der Waals surface area (Å²) >= 11 is 0. The quantitative estimate of drug-likeness (QED) is 0.126. The summed E-state index contributed by atoms with van der Waals surface area (Å²) in [5.74, 6) is -32.3. The first-order chi connectivity index (χ1) is 21.4. The molecule has 2 aromatic heterocycles. The smallest absolute Gasteiger partial charge is 0.203 e. The normalized spacial score (nSPS) is 14.8. The Bertz CT molecular complexity index is 1960. The van der Waals surface area contributed by atoms with Crippen molar-refractivity contribution in [2.24, 2.45) is 0 Å². The van der Waals surface area contributed by atoms with Crippen LogP contribution in [0.4, 0.5) is 65.9 Å². The van der Waals surface area contributed by atoms with E-state index in [2.05, 4.69) is 9.97 Å². The zero-order valence-electron chi connectivity index (χ0n) is 20.9. The van der Waals surface area contributed by atoms with E-state index in [1.807, 2.05) is 0 Å². The molecule has 0 amide bonds. The second-order valence-electron chi connectivity index (χ2n) is 8.48. The van der Waals surface area contributed by atoms with E-state index in [0.717, 1.165) is 18.2 Å². The molecule has 1 saturated carbocycles. The van der Waals surface area contributed by atoms with Crippen LogP contribution in [0.2, 0.25) is 0 Å². The topological polar surface area (TPSA) is 97.1 Å². The van der Waals surface area contributed by atoms with Crippen molar-refractivity contribution < 1.29 is 65.9 Å². The van der Waals surface area contributed by atoms with Crippen LogP contribution in [0, 0.1) is 104 Å². The summed E-state index contributed by atoms with van der Waals surface area (Å²) in [7, 11) is 0. The van der Waals surface area contributed by atoms with Gasteiger partial charge in [-0.05, 0) is 0 Å². The van der Waals surface area contributed by atoms with Gasteiger partial charge in [0.25, 0.3) is 23.8 Å². The Morgan fingerprint density at radius 1 is 0.413 bits per heavy atom. The van der Waals surface area contributed by atoms with Gasteiger partial charge >= 0.3 is 6.18 Å². The van der Waals surface area contributed by atoms with Crippen molar-refractivity contribution >= 4 is 16.7 Å². The third kappa shape index (κ3) is 4.86. The Labute approximate surface area is 242 Å². The monoisotopic (exact) mass is 667 g/mol. The van der Waals surface area contributed by atoms with Crippen LogP contribution in [0.25, 0.3) is 16.7 Å². The SMILES string of the molecule is N#CC(=C1C(=C(C#N)c2c(F)c(F)nc(F)c2F)C1=C(C#N)c1c(F)c(F)c(C(F)(F)F)c(F)c1F)c1c(F)c(F)nc(F)c1F. The van der Waals surface area contributed by atoms with Gasteiger partial charge in [0.2, 0.25) is 0 Å². The Kier molecular flexibility index (Phi) is 8.09. The lowest BCUT2D eigenvalue weighted by Gasteiger charge is -2.13. The van der Waals surface area contributed by atoms with Crippen LogP contribution in [0.15, 0.2) is 16.7 Å². The number of alkyl halides is 3. The highest BCUT2D eigenvalue weighted by Crippen LogP contribution is 2.57. The van der Waals surface area contributed by atoms with Gasteiger partial charge in [-0.3, -0.25) is 0 Å². The number of benzene rings is 1. The molecule has 0 aliphatic heterocycles. The zero-order chi connectivity index (χ0) is 34.7. The summed E-state index contributed by atoms with van der Waals surface area (Å²) in [5.41, 5.74) is -19.9. The fourth-order valence-electron chi connectivity index (χ4n) is 4.16. The number of nitrogens with zero attached hydrogens (tertiary/aromatic N) is 5. The number of aromatic nitrogens is 2. The Morgan fingerprint density at radius 3 is 0.870 bits per heavy atom. The number of pyridine rings is 2. The van der Waals surface area contributed by atoms with Crippen LogP contribution in [0.3, 0.4) is 0 Å². The molecule has 0 spiro atoms. The first-order valence-corrected chi connectivity index (χ1v) is 11.1. The van der Waals surface area contributed by atoms with Crippen LogP contribution >= 0.6 is 0 Å². The molecule has 0 radical (unpaired) electrons. The van der Waals surface area contributed by atoms with Crippen LogP contribution in [0.1, 0.15) is 22.3 Å². The fraction of sp³-hybridized carbons (Fsp3) is 0.0385. The molecule has 1 aromatic carbocycles. The van der Waals surface area contributed by atoms with Gasteiger partial charge in [0.1, 0.15) is 23.8 Å². The maximum atomic E-state index is 14.9. The second kappa shape index (κ2) is 11.3. The van der Waals surface area contributed by atoms with E-state index in [9.17, 15) is 81.6 Å². The standard InChI is InChI=1S/C26F15N5/c27-14-10(15(28)21(34)13(20(14)33)26(39,40)41)4(1-42)7-8(5(2-43)11-16(29)22(35)45-23(36)17(11)30)9(7)6(3-44)12-18(31)24(37)46-25(38)19(12)32. The summed E-state index contributed by atoms with van der Waals surface area (Å²) < 4.78 is 212. The first kappa shape index (κ1) is 33.1. The number of rotatable bonds is 3.